The molecule has 0 unspecified atom stereocenters. The molecule has 14 rings (SSSR count). The number of hydrogen-bond acceptors (Lipinski definition) is 6. The SMILES string of the molecule is c1ccc2c(c1)sc1cc(-c3ccc4cc(N(c5ccc(-c6cnc7oc8ncccc8c7c6)cc5)c5ccc6cc(-c7ccc8c(c7)sc7ccccc78)ccc6c5)ccc4c3)ccc12. The van der Waals surface area contributed by atoms with Gasteiger partial charge in [-0.15, -0.1) is 22.7 Å². The zero-order valence-electron chi connectivity index (χ0n) is 35.3. The lowest BCUT2D eigenvalue weighted by molar-refractivity contribution is 0.640. The minimum Gasteiger partial charge on any atom is -0.419 e. The minimum absolute atomic E-state index is 0.594. The first kappa shape index (κ1) is 37.2. The largest absolute Gasteiger partial charge is 0.419 e. The molecule has 0 aliphatic rings. The summed E-state index contributed by atoms with van der Waals surface area (Å²) in [6.45, 7) is 0. The van der Waals surface area contributed by atoms with Gasteiger partial charge in [-0.1, -0.05) is 109 Å². The van der Waals surface area contributed by atoms with Crippen molar-refractivity contribution in [3.8, 4) is 33.4 Å². The molecule has 0 atom stereocenters. The van der Waals surface area contributed by atoms with Crippen LogP contribution in [-0.2, 0) is 0 Å². The van der Waals surface area contributed by atoms with Gasteiger partial charge < -0.3 is 9.32 Å². The molecule has 4 nitrogen and oxygen atoms in total. The highest BCUT2D eigenvalue weighted by Crippen LogP contribution is 2.42. The summed E-state index contributed by atoms with van der Waals surface area (Å²) in [6, 6.07) is 73.4. The molecule has 0 spiro atoms. The molecule has 0 saturated heterocycles. The van der Waals surface area contributed by atoms with Crippen LogP contribution in [0.25, 0.3) is 117 Å². The Kier molecular flexibility index (Phi) is 8.29. The van der Waals surface area contributed by atoms with Crippen molar-refractivity contribution in [1.29, 1.82) is 0 Å². The second kappa shape index (κ2) is 14.7. The molecule has 308 valence electrons. The van der Waals surface area contributed by atoms with Crippen LogP contribution in [0.15, 0.2) is 217 Å². The van der Waals surface area contributed by atoms with Crippen molar-refractivity contribution in [1.82, 2.24) is 9.97 Å². The quantitative estimate of drug-likeness (QED) is 0.167. The molecular formula is C60H35N3OS2. The Morgan fingerprint density at radius 3 is 1.41 bits per heavy atom. The summed E-state index contributed by atoms with van der Waals surface area (Å²) in [7, 11) is 0. The van der Waals surface area contributed by atoms with E-state index in [2.05, 4.69) is 203 Å². The van der Waals surface area contributed by atoms with E-state index in [9.17, 15) is 0 Å². The fraction of sp³-hybridized carbons (Fsp3) is 0. The highest BCUT2D eigenvalue weighted by atomic mass is 32.1. The molecular weight excluding hydrogens is 843 g/mol. The summed E-state index contributed by atoms with van der Waals surface area (Å²) < 4.78 is 11.2. The molecule has 6 heteroatoms. The Morgan fingerprint density at radius 1 is 0.318 bits per heavy atom. The summed E-state index contributed by atoms with van der Waals surface area (Å²) in [4.78, 5) is 11.5. The van der Waals surface area contributed by atoms with E-state index >= 15 is 0 Å². The number of furan rings is 1. The lowest BCUT2D eigenvalue weighted by Crippen LogP contribution is -2.10. The Hall–Kier alpha value is -8.16. The maximum Gasteiger partial charge on any atom is 0.229 e. The second-order valence-electron chi connectivity index (χ2n) is 17.0. The van der Waals surface area contributed by atoms with Gasteiger partial charge in [-0.05, 0) is 140 Å². The maximum atomic E-state index is 5.93. The van der Waals surface area contributed by atoms with E-state index in [-0.39, 0.29) is 0 Å². The van der Waals surface area contributed by atoms with Gasteiger partial charge in [-0.3, -0.25) is 0 Å². The molecule has 5 heterocycles. The summed E-state index contributed by atoms with van der Waals surface area (Å²) >= 11 is 3.72. The topological polar surface area (TPSA) is 42.2 Å². The van der Waals surface area contributed by atoms with Crippen molar-refractivity contribution in [2.24, 2.45) is 0 Å². The van der Waals surface area contributed by atoms with Gasteiger partial charge in [0.05, 0.1) is 5.39 Å². The molecule has 14 aromatic rings. The predicted octanol–water partition coefficient (Wildman–Crippen LogP) is 17.9. The number of nitrogens with zero attached hydrogens (tertiary/aromatic N) is 3. The van der Waals surface area contributed by atoms with Crippen LogP contribution < -0.4 is 4.90 Å². The minimum atomic E-state index is 0.594. The van der Waals surface area contributed by atoms with Crippen LogP contribution in [0.1, 0.15) is 0 Å². The number of fused-ring (bicyclic) bond motifs is 11. The first-order valence-corrected chi connectivity index (χ1v) is 23.7. The first-order valence-electron chi connectivity index (χ1n) is 22.1. The smallest absolute Gasteiger partial charge is 0.229 e. The van der Waals surface area contributed by atoms with E-state index in [0.717, 1.165) is 39.0 Å². The molecule has 5 aromatic heterocycles. The molecule has 0 aliphatic heterocycles. The lowest BCUT2D eigenvalue weighted by Gasteiger charge is -2.26. The Bertz CT molecular complexity index is 4060. The zero-order valence-corrected chi connectivity index (χ0v) is 36.9. The third kappa shape index (κ3) is 6.11. The van der Waals surface area contributed by atoms with Crippen molar-refractivity contribution in [3.63, 3.8) is 0 Å². The number of hydrogen-bond donors (Lipinski definition) is 0. The van der Waals surface area contributed by atoms with Crippen LogP contribution in [0.4, 0.5) is 17.1 Å². The number of anilines is 3. The number of thiophene rings is 2. The van der Waals surface area contributed by atoms with Crippen LogP contribution >= 0.6 is 22.7 Å². The maximum absolute atomic E-state index is 5.93. The fourth-order valence-corrected chi connectivity index (χ4v) is 12.1. The van der Waals surface area contributed by atoms with Gasteiger partial charge in [0.25, 0.3) is 0 Å². The lowest BCUT2D eigenvalue weighted by atomic mass is 9.98. The standard InChI is InChI=1S/C60H35N3OS2/c1-3-9-55-49(6-1)51-25-19-43(33-57(51)65-55)37-11-13-41-30-47(23-17-39(41)28-37)63(46-21-15-36(16-22-46)45-32-54-53-8-5-27-61-59(53)64-60(54)62-35-45)48-24-18-40-29-38(12-14-42(40)31-48)44-20-26-52-50-7-2-4-10-56(50)66-58(52)34-44/h1-35H. The Morgan fingerprint density at radius 2 is 0.788 bits per heavy atom. The summed E-state index contributed by atoms with van der Waals surface area (Å²) in [5.74, 6) is 0. The monoisotopic (exact) mass is 877 g/mol. The molecule has 0 N–H and O–H groups in total. The van der Waals surface area contributed by atoms with Gasteiger partial charge in [0.15, 0.2) is 0 Å². The fourth-order valence-electron chi connectivity index (χ4n) is 9.82. The molecule has 0 amide bonds. The summed E-state index contributed by atoms with van der Waals surface area (Å²) in [6.07, 6.45) is 3.63. The van der Waals surface area contributed by atoms with E-state index in [0.29, 0.717) is 11.4 Å². The predicted molar refractivity (Wildman–Crippen MR) is 281 cm³/mol. The van der Waals surface area contributed by atoms with Gasteiger partial charge in [0, 0.05) is 80.8 Å². The van der Waals surface area contributed by atoms with Crippen molar-refractivity contribution in [3.05, 3.63) is 213 Å². The normalized spacial score (nSPS) is 11.9. The van der Waals surface area contributed by atoms with Crippen LogP contribution in [0.2, 0.25) is 0 Å². The van der Waals surface area contributed by atoms with E-state index in [4.69, 9.17) is 4.42 Å². The van der Waals surface area contributed by atoms with Gasteiger partial charge in [-0.25, -0.2) is 9.97 Å². The third-order valence-electron chi connectivity index (χ3n) is 13.2. The third-order valence-corrected chi connectivity index (χ3v) is 15.4. The van der Waals surface area contributed by atoms with E-state index < -0.39 is 0 Å². The highest BCUT2D eigenvalue weighted by Gasteiger charge is 2.17. The van der Waals surface area contributed by atoms with Gasteiger partial charge in [0.1, 0.15) is 0 Å². The van der Waals surface area contributed by atoms with Crippen molar-refractivity contribution in [2.75, 3.05) is 4.90 Å². The molecule has 0 fully saturated rings. The van der Waals surface area contributed by atoms with Crippen molar-refractivity contribution in [2.45, 2.75) is 0 Å². The zero-order chi connectivity index (χ0) is 43.3. The Balaban J connectivity index is 0.846. The molecule has 0 aliphatic carbocycles. The van der Waals surface area contributed by atoms with Gasteiger partial charge in [-0.2, -0.15) is 0 Å². The van der Waals surface area contributed by atoms with Gasteiger partial charge >= 0.3 is 0 Å². The average molecular weight is 878 g/mol. The molecule has 0 saturated carbocycles. The molecule has 0 bridgehead atoms. The summed E-state index contributed by atoms with van der Waals surface area (Å²) in [5.41, 5.74) is 11.4. The number of rotatable bonds is 6. The molecule has 66 heavy (non-hydrogen) atoms. The summed E-state index contributed by atoms with van der Waals surface area (Å²) in [5, 5.41) is 12.0. The molecule has 0 radical (unpaired) electrons. The van der Waals surface area contributed by atoms with Crippen LogP contribution in [-0.4, -0.2) is 9.97 Å². The number of pyridine rings is 2. The van der Waals surface area contributed by atoms with Gasteiger partial charge in [0.2, 0.25) is 11.4 Å². The van der Waals surface area contributed by atoms with E-state index in [1.165, 1.54) is 84.1 Å². The van der Waals surface area contributed by atoms with E-state index in [1.807, 2.05) is 41.0 Å². The second-order valence-corrected chi connectivity index (χ2v) is 19.2. The molecule has 9 aromatic carbocycles. The van der Waals surface area contributed by atoms with Crippen molar-refractivity contribution < 1.29 is 4.42 Å². The van der Waals surface area contributed by atoms with Crippen LogP contribution in [0.3, 0.4) is 0 Å². The van der Waals surface area contributed by atoms with Crippen LogP contribution in [0.5, 0.6) is 0 Å². The van der Waals surface area contributed by atoms with Crippen LogP contribution in [0, 0.1) is 0 Å². The number of benzene rings is 9. The van der Waals surface area contributed by atoms with E-state index in [1.54, 1.807) is 6.20 Å². The highest BCUT2D eigenvalue weighted by molar-refractivity contribution is 7.26. The Labute approximate surface area is 386 Å². The average Bonchev–Trinajstić information content (AvgIpc) is 4.07. The number of aromatic nitrogens is 2. The van der Waals surface area contributed by atoms with Crippen molar-refractivity contribution >= 4 is 124 Å². The first-order chi connectivity index (χ1) is 32.6.